The van der Waals surface area contributed by atoms with Crippen molar-refractivity contribution in [3.05, 3.63) is 34.4 Å². The molecule has 0 saturated carbocycles. The van der Waals surface area contributed by atoms with Crippen LogP contribution in [0.1, 0.15) is 63.8 Å². The number of methoxy groups -OCH3 is 4. The summed E-state index contributed by atoms with van der Waals surface area (Å²) in [4.78, 5) is 13.0. The molecule has 0 amide bonds. The van der Waals surface area contributed by atoms with Crippen molar-refractivity contribution in [1.82, 2.24) is 0 Å². The van der Waals surface area contributed by atoms with E-state index in [0.29, 0.717) is 45.3 Å². The molecule has 0 heterocycles. The van der Waals surface area contributed by atoms with Crippen molar-refractivity contribution in [3.8, 4) is 34.5 Å². The van der Waals surface area contributed by atoms with Gasteiger partial charge in [0.2, 0.25) is 0 Å². The van der Waals surface area contributed by atoms with Crippen molar-refractivity contribution >= 4 is 6.16 Å². The summed E-state index contributed by atoms with van der Waals surface area (Å²) in [5.74, 6) is 1.66. The molecule has 2 aromatic rings. The SMILES string of the molecule is COc1cc(OC(=O)Oc2cc(OC)c(OC)c(C(C)(C)C)c2CO)c(CO)c(C(C)(C)C)c1OC. The predicted octanol–water partition coefficient (Wildman–Crippen LogP) is 4.88. The molecule has 0 aliphatic rings. The standard InChI is InChI=1S/C27H38O9/c1-26(2,3)21-15(13-28)17(11-19(31-7)23(21)33-9)35-25(30)36-18-12-20(32-8)24(34-10)22(16(18)14-29)27(4,5)6/h11-12,28-29H,13-14H2,1-10H3. The first-order valence-electron chi connectivity index (χ1n) is 11.5. The lowest BCUT2D eigenvalue weighted by molar-refractivity contribution is 0.148. The Bertz CT molecular complexity index is 1010. The van der Waals surface area contributed by atoms with Gasteiger partial charge in [-0.05, 0) is 10.8 Å². The summed E-state index contributed by atoms with van der Waals surface area (Å²) in [7, 11) is 5.94. The lowest BCUT2D eigenvalue weighted by Crippen LogP contribution is -2.22. The second kappa shape index (κ2) is 11.3. The van der Waals surface area contributed by atoms with Crippen LogP contribution in [0.25, 0.3) is 0 Å². The van der Waals surface area contributed by atoms with E-state index in [2.05, 4.69) is 0 Å². The molecule has 0 saturated heterocycles. The summed E-state index contributed by atoms with van der Waals surface area (Å²) >= 11 is 0. The molecule has 0 bridgehead atoms. The van der Waals surface area contributed by atoms with Crippen LogP contribution in [0, 0.1) is 0 Å². The lowest BCUT2D eigenvalue weighted by Gasteiger charge is -2.28. The van der Waals surface area contributed by atoms with E-state index in [0.717, 1.165) is 0 Å². The number of hydrogen-bond donors (Lipinski definition) is 2. The van der Waals surface area contributed by atoms with Crippen LogP contribution in [0.4, 0.5) is 4.79 Å². The van der Waals surface area contributed by atoms with Crippen molar-refractivity contribution in [3.63, 3.8) is 0 Å². The molecule has 0 aliphatic heterocycles. The highest BCUT2D eigenvalue weighted by Crippen LogP contribution is 2.47. The van der Waals surface area contributed by atoms with Crippen LogP contribution in [-0.4, -0.2) is 44.8 Å². The number of aliphatic hydroxyl groups is 2. The van der Waals surface area contributed by atoms with Crippen LogP contribution in [0.2, 0.25) is 0 Å². The third kappa shape index (κ3) is 5.79. The molecule has 0 atom stereocenters. The van der Waals surface area contributed by atoms with Crippen molar-refractivity contribution < 1.29 is 43.4 Å². The van der Waals surface area contributed by atoms with Crippen LogP contribution in [0.3, 0.4) is 0 Å². The van der Waals surface area contributed by atoms with E-state index in [1.807, 2.05) is 41.5 Å². The highest BCUT2D eigenvalue weighted by atomic mass is 16.7. The Kier molecular flexibility index (Phi) is 9.09. The predicted molar refractivity (Wildman–Crippen MR) is 135 cm³/mol. The van der Waals surface area contributed by atoms with Crippen LogP contribution in [0.5, 0.6) is 34.5 Å². The number of carbonyl (C=O) groups excluding carboxylic acids is 1. The average molecular weight is 507 g/mol. The molecule has 0 aliphatic carbocycles. The van der Waals surface area contributed by atoms with E-state index in [-0.39, 0.29) is 11.5 Å². The summed E-state index contributed by atoms with van der Waals surface area (Å²) in [5, 5.41) is 20.4. The highest BCUT2D eigenvalue weighted by Gasteiger charge is 2.32. The monoisotopic (exact) mass is 506 g/mol. The number of aliphatic hydroxyl groups excluding tert-OH is 2. The van der Waals surface area contributed by atoms with Gasteiger partial charge in [0, 0.05) is 34.4 Å². The maximum Gasteiger partial charge on any atom is 0.519 e. The smallest absolute Gasteiger partial charge is 0.493 e. The van der Waals surface area contributed by atoms with E-state index in [9.17, 15) is 15.0 Å². The van der Waals surface area contributed by atoms with Crippen LogP contribution < -0.4 is 28.4 Å². The van der Waals surface area contributed by atoms with Crippen molar-refractivity contribution in [2.24, 2.45) is 0 Å². The van der Waals surface area contributed by atoms with Gasteiger partial charge < -0.3 is 38.6 Å². The normalized spacial score (nSPS) is 11.7. The minimum Gasteiger partial charge on any atom is -0.493 e. The highest BCUT2D eigenvalue weighted by molar-refractivity contribution is 5.72. The average Bonchev–Trinajstić information content (AvgIpc) is 2.80. The Morgan fingerprint density at radius 1 is 0.639 bits per heavy atom. The van der Waals surface area contributed by atoms with E-state index in [1.54, 1.807) is 0 Å². The first kappa shape index (κ1) is 29.1. The van der Waals surface area contributed by atoms with Gasteiger partial charge >= 0.3 is 6.16 Å². The fourth-order valence-electron chi connectivity index (χ4n) is 4.30. The molecule has 2 aromatic carbocycles. The molecule has 36 heavy (non-hydrogen) atoms. The van der Waals surface area contributed by atoms with Crippen LogP contribution in [-0.2, 0) is 24.0 Å². The van der Waals surface area contributed by atoms with Crippen LogP contribution >= 0.6 is 0 Å². The minimum absolute atomic E-state index is 0.0622. The zero-order chi connectivity index (χ0) is 27.4. The summed E-state index contributed by atoms with van der Waals surface area (Å²) in [6.45, 7) is 10.8. The Labute approximate surface area is 212 Å². The fourth-order valence-corrected chi connectivity index (χ4v) is 4.30. The molecule has 9 nitrogen and oxygen atoms in total. The Hall–Kier alpha value is -3.17. The number of rotatable bonds is 8. The molecule has 2 rings (SSSR count). The molecular weight excluding hydrogens is 468 g/mol. The second-order valence-electron chi connectivity index (χ2n) is 10.2. The van der Waals surface area contributed by atoms with Gasteiger partial charge in [0.1, 0.15) is 11.5 Å². The van der Waals surface area contributed by atoms with Gasteiger partial charge in [-0.3, -0.25) is 0 Å². The number of hydrogen-bond acceptors (Lipinski definition) is 9. The maximum atomic E-state index is 13.0. The van der Waals surface area contributed by atoms with Gasteiger partial charge in [-0.25, -0.2) is 4.79 Å². The van der Waals surface area contributed by atoms with Gasteiger partial charge in [-0.1, -0.05) is 41.5 Å². The van der Waals surface area contributed by atoms with E-state index < -0.39 is 30.2 Å². The summed E-state index contributed by atoms with van der Waals surface area (Å²) in [6, 6.07) is 2.92. The molecule has 0 unspecified atom stereocenters. The molecule has 200 valence electrons. The molecule has 0 aromatic heterocycles. The zero-order valence-electron chi connectivity index (χ0n) is 22.8. The molecule has 0 spiro atoms. The van der Waals surface area contributed by atoms with E-state index >= 15 is 0 Å². The third-order valence-corrected chi connectivity index (χ3v) is 5.68. The van der Waals surface area contributed by atoms with Gasteiger partial charge in [0.25, 0.3) is 0 Å². The molecule has 0 radical (unpaired) electrons. The Morgan fingerprint density at radius 2 is 0.972 bits per heavy atom. The molecule has 9 heteroatoms. The summed E-state index contributed by atoms with van der Waals surface area (Å²) < 4.78 is 33.1. The maximum absolute atomic E-state index is 13.0. The summed E-state index contributed by atoms with van der Waals surface area (Å²) in [6.07, 6.45) is -1.07. The Morgan fingerprint density at radius 3 is 1.19 bits per heavy atom. The van der Waals surface area contributed by atoms with Gasteiger partial charge in [-0.15, -0.1) is 0 Å². The zero-order valence-corrected chi connectivity index (χ0v) is 22.8. The topological polar surface area (TPSA) is 113 Å². The first-order valence-corrected chi connectivity index (χ1v) is 11.5. The fraction of sp³-hybridized carbons (Fsp3) is 0.519. The van der Waals surface area contributed by atoms with E-state index in [4.69, 9.17) is 28.4 Å². The van der Waals surface area contributed by atoms with Crippen LogP contribution in [0.15, 0.2) is 12.1 Å². The molecule has 2 N–H and O–H groups in total. The third-order valence-electron chi connectivity index (χ3n) is 5.68. The van der Waals surface area contributed by atoms with Gasteiger partial charge in [-0.2, -0.15) is 0 Å². The quantitative estimate of drug-likeness (QED) is 0.382. The van der Waals surface area contributed by atoms with Crippen molar-refractivity contribution in [2.45, 2.75) is 65.6 Å². The van der Waals surface area contributed by atoms with E-state index in [1.165, 1.54) is 40.6 Å². The second-order valence-corrected chi connectivity index (χ2v) is 10.2. The number of benzene rings is 2. The number of carbonyl (C=O) groups is 1. The Balaban J connectivity index is 2.63. The molecule has 0 fully saturated rings. The minimum atomic E-state index is -1.07. The van der Waals surface area contributed by atoms with Crippen molar-refractivity contribution in [2.75, 3.05) is 28.4 Å². The largest absolute Gasteiger partial charge is 0.519 e. The summed E-state index contributed by atoms with van der Waals surface area (Å²) in [5.41, 5.74) is 1.03. The molecular formula is C27H38O9. The van der Waals surface area contributed by atoms with Crippen molar-refractivity contribution in [1.29, 1.82) is 0 Å². The lowest BCUT2D eigenvalue weighted by atomic mass is 9.82. The van der Waals surface area contributed by atoms with Gasteiger partial charge in [0.15, 0.2) is 23.0 Å². The van der Waals surface area contributed by atoms with Gasteiger partial charge in [0.05, 0.1) is 41.7 Å². The number of ether oxygens (including phenoxy) is 6. The first-order chi connectivity index (χ1) is 16.8.